The minimum atomic E-state index is 0.513. The van der Waals surface area contributed by atoms with Gasteiger partial charge in [0.1, 0.15) is 0 Å². The molecule has 0 amide bonds. The van der Waals surface area contributed by atoms with Gasteiger partial charge in [0.25, 0.3) is 0 Å². The molecule has 0 aromatic carbocycles. The van der Waals surface area contributed by atoms with Gasteiger partial charge in [-0.05, 0) is 32.3 Å². The fraction of sp³-hybridized carbons (Fsp3) is 0.556. The molecule has 0 unspecified atom stereocenters. The van der Waals surface area contributed by atoms with Crippen molar-refractivity contribution in [3.63, 3.8) is 0 Å². The Kier molecular flexibility index (Phi) is 4.78. The van der Waals surface area contributed by atoms with E-state index < -0.39 is 0 Å². The Labute approximate surface area is 73.4 Å². The van der Waals surface area contributed by atoms with E-state index in [0.29, 0.717) is 24.3 Å². The van der Waals surface area contributed by atoms with Crippen molar-refractivity contribution in [3.05, 3.63) is 11.3 Å². The van der Waals surface area contributed by atoms with Crippen LogP contribution in [-0.2, 0) is 0 Å². The summed E-state index contributed by atoms with van der Waals surface area (Å²) in [6.45, 7) is 3.62. The smallest absolute Gasteiger partial charge is 0.0621 e. The molecule has 0 atom stereocenters. The van der Waals surface area contributed by atoms with E-state index in [0.717, 1.165) is 12.0 Å². The van der Waals surface area contributed by atoms with Gasteiger partial charge in [-0.25, -0.2) is 0 Å². The third kappa shape index (κ3) is 3.77. The van der Waals surface area contributed by atoms with Crippen LogP contribution in [0.4, 0.5) is 0 Å². The Balaban J connectivity index is 3.91. The first-order valence-corrected chi connectivity index (χ1v) is 3.97. The number of nitrogens with one attached hydrogen (secondary N) is 1. The van der Waals surface area contributed by atoms with Crippen molar-refractivity contribution in [3.8, 4) is 6.07 Å². The first-order valence-electron chi connectivity index (χ1n) is 3.97. The zero-order valence-corrected chi connectivity index (χ0v) is 7.65. The number of unbranched alkanes of at least 4 members (excludes halogenated alkanes) is 1. The van der Waals surface area contributed by atoms with Gasteiger partial charge in [-0.2, -0.15) is 5.26 Å². The summed E-state index contributed by atoms with van der Waals surface area (Å²) in [6.07, 6.45) is 1.91. The third-order valence-electron chi connectivity index (χ3n) is 1.76. The lowest BCUT2D eigenvalue weighted by Crippen LogP contribution is -2.05. The average Bonchev–Trinajstić information content (AvgIpc) is 2.03. The quantitative estimate of drug-likeness (QED) is 0.493. The van der Waals surface area contributed by atoms with Crippen molar-refractivity contribution in [1.82, 2.24) is 0 Å². The molecule has 0 spiro atoms. The molecule has 0 radical (unpaired) electrons. The van der Waals surface area contributed by atoms with Gasteiger partial charge < -0.3 is 11.1 Å². The molecule has 12 heavy (non-hydrogen) atoms. The Morgan fingerprint density at radius 3 is 2.50 bits per heavy atom. The molecule has 0 rings (SSSR count). The van der Waals surface area contributed by atoms with Gasteiger partial charge in [0, 0.05) is 17.8 Å². The minimum Gasteiger partial charge on any atom is -0.402 e. The minimum absolute atomic E-state index is 0.513. The van der Waals surface area contributed by atoms with E-state index in [1.165, 1.54) is 0 Å². The number of nitriles is 1. The molecule has 3 heteroatoms. The fourth-order valence-corrected chi connectivity index (χ4v) is 0.770. The molecule has 0 fully saturated rings. The van der Waals surface area contributed by atoms with Crippen LogP contribution in [0.2, 0.25) is 0 Å². The largest absolute Gasteiger partial charge is 0.402 e. The molecule has 0 heterocycles. The van der Waals surface area contributed by atoms with E-state index in [2.05, 4.69) is 0 Å². The highest BCUT2D eigenvalue weighted by molar-refractivity contribution is 5.97. The number of hydrogen-bond donors (Lipinski definition) is 2. The molecule has 3 N–H and O–H groups in total. The highest BCUT2D eigenvalue weighted by atomic mass is 14.6. The Morgan fingerprint density at radius 2 is 2.08 bits per heavy atom. The van der Waals surface area contributed by atoms with Crippen molar-refractivity contribution >= 4 is 5.71 Å². The molecule has 0 aliphatic heterocycles. The van der Waals surface area contributed by atoms with Crippen molar-refractivity contribution in [2.45, 2.75) is 33.1 Å². The number of rotatable bonds is 4. The second kappa shape index (κ2) is 5.36. The summed E-state index contributed by atoms with van der Waals surface area (Å²) >= 11 is 0. The standard InChI is InChI=1S/C9H15N3/c1-7(8(2)11)9(12)5-3-4-6-10/h12H,3-5,11H2,1-2H3/b8-7+,12-9?. The van der Waals surface area contributed by atoms with Crippen molar-refractivity contribution in [2.75, 3.05) is 0 Å². The van der Waals surface area contributed by atoms with Crippen LogP contribution in [0, 0.1) is 16.7 Å². The van der Waals surface area contributed by atoms with Gasteiger partial charge in [-0.1, -0.05) is 0 Å². The molecule has 66 valence electrons. The second-order valence-corrected chi connectivity index (χ2v) is 2.80. The fourth-order valence-electron chi connectivity index (χ4n) is 0.770. The zero-order valence-electron chi connectivity index (χ0n) is 7.65. The maximum absolute atomic E-state index is 8.27. The highest BCUT2D eigenvalue weighted by Gasteiger charge is 2.00. The van der Waals surface area contributed by atoms with Gasteiger partial charge in [0.05, 0.1) is 6.07 Å². The summed E-state index contributed by atoms with van der Waals surface area (Å²) in [5.74, 6) is 0. The summed E-state index contributed by atoms with van der Waals surface area (Å²) in [7, 11) is 0. The molecule has 0 bridgehead atoms. The maximum atomic E-state index is 8.27. The van der Waals surface area contributed by atoms with E-state index in [-0.39, 0.29) is 0 Å². The van der Waals surface area contributed by atoms with Crippen LogP contribution in [-0.4, -0.2) is 5.71 Å². The van der Waals surface area contributed by atoms with Crippen LogP contribution in [0.25, 0.3) is 0 Å². The molecule has 0 saturated heterocycles. The lowest BCUT2D eigenvalue weighted by atomic mass is 10.1. The first-order chi connectivity index (χ1) is 5.59. The Bertz CT molecular complexity index is 229. The summed E-state index contributed by atoms with van der Waals surface area (Å²) < 4.78 is 0. The van der Waals surface area contributed by atoms with Crippen LogP contribution in [0.5, 0.6) is 0 Å². The monoisotopic (exact) mass is 165 g/mol. The number of nitrogens with two attached hydrogens (primary N) is 1. The lowest BCUT2D eigenvalue weighted by Gasteiger charge is -2.04. The second-order valence-electron chi connectivity index (χ2n) is 2.80. The van der Waals surface area contributed by atoms with Crippen LogP contribution in [0.1, 0.15) is 33.1 Å². The summed E-state index contributed by atoms with van der Waals surface area (Å²) in [4.78, 5) is 0. The number of nitrogens with zero attached hydrogens (tertiary/aromatic N) is 1. The van der Waals surface area contributed by atoms with Crippen LogP contribution < -0.4 is 5.73 Å². The molecule has 0 aliphatic rings. The van der Waals surface area contributed by atoms with E-state index in [9.17, 15) is 0 Å². The van der Waals surface area contributed by atoms with Crippen LogP contribution in [0.3, 0.4) is 0 Å². The molecule has 0 aromatic heterocycles. The molecule has 0 saturated carbocycles. The lowest BCUT2D eigenvalue weighted by molar-refractivity contribution is 0.895. The van der Waals surface area contributed by atoms with Crippen molar-refractivity contribution in [1.29, 1.82) is 10.7 Å². The molecule has 0 aliphatic carbocycles. The topological polar surface area (TPSA) is 73.7 Å². The summed E-state index contributed by atoms with van der Waals surface area (Å²) in [6, 6.07) is 2.05. The van der Waals surface area contributed by atoms with E-state index in [1.54, 1.807) is 6.92 Å². The van der Waals surface area contributed by atoms with Crippen LogP contribution in [0.15, 0.2) is 11.3 Å². The van der Waals surface area contributed by atoms with Gasteiger partial charge in [-0.3, -0.25) is 0 Å². The van der Waals surface area contributed by atoms with E-state index >= 15 is 0 Å². The predicted octanol–water partition coefficient (Wildman–Crippen LogP) is 1.95. The summed E-state index contributed by atoms with van der Waals surface area (Å²) in [5, 5.41) is 15.8. The third-order valence-corrected chi connectivity index (χ3v) is 1.76. The van der Waals surface area contributed by atoms with E-state index in [4.69, 9.17) is 16.4 Å². The molecule has 0 aromatic rings. The molecule has 3 nitrogen and oxygen atoms in total. The Hall–Kier alpha value is -1.30. The van der Waals surface area contributed by atoms with E-state index in [1.807, 2.05) is 13.0 Å². The summed E-state index contributed by atoms with van der Waals surface area (Å²) in [5.41, 5.74) is 7.59. The van der Waals surface area contributed by atoms with Crippen LogP contribution >= 0.6 is 0 Å². The zero-order chi connectivity index (χ0) is 9.56. The molecular weight excluding hydrogens is 150 g/mol. The highest BCUT2D eigenvalue weighted by Crippen LogP contribution is 2.06. The van der Waals surface area contributed by atoms with Gasteiger partial charge >= 0.3 is 0 Å². The van der Waals surface area contributed by atoms with Gasteiger partial charge in [-0.15, -0.1) is 0 Å². The average molecular weight is 165 g/mol. The first kappa shape index (κ1) is 10.7. The van der Waals surface area contributed by atoms with Crippen molar-refractivity contribution in [2.24, 2.45) is 5.73 Å². The van der Waals surface area contributed by atoms with Crippen molar-refractivity contribution < 1.29 is 0 Å². The Morgan fingerprint density at radius 1 is 1.50 bits per heavy atom. The van der Waals surface area contributed by atoms with Gasteiger partial charge in [0.2, 0.25) is 0 Å². The van der Waals surface area contributed by atoms with Gasteiger partial charge in [0.15, 0.2) is 0 Å². The molecular formula is C9H15N3. The number of hydrogen-bond acceptors (Lipinski definition) is 3. The normalized spacial score (nSPS) is 11.8. The predicted molar refractivity (Wildman–Crippen MR) is 49.8 cm³/mol. The maximum Gasteiger partial charge on any atom is 0.0621 e. The SMILES string of the molecule is C/C(N)=C(/C)C(=N)CCCC#N. The number of allylic oxidation sites excluding steroid dienone is 2.